The first-order chi connectivity index (χ1) is 16.5. The Balaban J connectivity index is 1.45. The summed E-state index contributed by atoms with van der Waals surface area (Å²) in [5.41, 5.74) is 2.17. The second kappa shape index (κ2) is 10.5. The second-order valence-electron chi connectivity index (χ2n) is 8.38. The summed E-state index contributed by atoms with van der Waals surface area (Å²) in [7, 11) is 1.83. The third-order valence-electron chi connectivity index (χ3n) is 5.97. The zero-order valence-corrected chi connectivity index (χ0v) is 19.7. The fourth-order valence-electron chi connectivity index (χ4n) is 4.06. The van der Waals surface area contributed by atoms with Crippen molar-refractivity contribution in [2.45, 2.75) is 65.0 Å². The zero-order valence-electron chi connectivity index (χ0n) is 19.7. The summed E-state index contributed by atoms with van der Waals surface area (Å²) in [6.07, 6.45) is 5.94. The van der Waals surface area contributed by atoms with Gasteiger partial charge in [0.1, 0.15) is 23.1 Å². The first-order valence-corrected chi connectivity index (χ1v) is 11.7. The van der Waals surface area contributed by atoms with E-state index in [-0.39, 0.29) is 12.0 Å². The number of ether oxygens (including phenoxy) is 1. The van der Waals surface area contributed by atoms with Crippen molar-refractivity contribution in [2.75, 3.05) is 5.32 Å². The molecule has 0 bridgehead atoms. The Kier molecular flexibility index (Phi) is 7.29. The standard InChI is InChI=1S/C23H30N8O3/c1-4-19-26-20(5-2)28-23(27-19)25-13-18-21(29-30-31(18)3)17-10-9-16(12-24-17)34-15-8-6-7-14(11-15)22(32)33/h9-10,12,14-15H,4-8,11,13H2,1-3H3,(H,32,33)(H,25,26,27,28)/t14-,15-/m0/s1. The van der Waals surface area contributed by atoms with Gasteiger partial charge in [-0.1, -0.05) is 19.1 Å². The lowest BCUT2D eigenvalue weighted by Crippen LogP contribution is -2.29. The SMILES string of the molecule is CCc1nc(CC)nc(NCc2c(-c3ccc(O[C@H]4CCC[C@H](C(=O)O)C4)cn3)nnn2C)n1. The van der Waals surface area contributed by atoms with Crippen LogP contribution in [0.4, 0.5) is 5.95 Å². The number of carboxylic acid groups (broad SMARTS) is 1. The van der Waals surface area contributed by atoms with Gasteiger partial charge in [0, 0.05) is 19.9 Å². The molecule has 1 saturated carbocycles. The van der Waals surface area contributed by atoms with Gasteiger partial charge in [-0.25, -0.2) is 9.67 Å². The molecule has 1 fully saturated rings. The van der Waals surface area contributed by atoms with E-state index in [9.17, 15) is 9.90 Å². The quantitative estimate of drug-likeness (QED) is 0.483. The number of hydrogen-bond acceptors (Lipinski definition) is 9. The van der Waals surface area contributed by atoms with Crippen molar-refractivity contribution in [1.82, 2.24) is 34.9 Å². The van der Waals surface area contributed by atoms with Crippen molar-refractivity contribution < 1.29 is 14.6 Å². The molecule has 1 aliphatic rings. The number of rotatable bonds is 9. The van der Waals surface area contributed by atoms with Gasteiger partial charge in [-0.05, 0) is 37.8 Å². The minimum Gasteiger partial charge on any atom is -0.489 e. The Bertz CT molecular complexity index is 1110. The molecule has 4 rings (SSSR count). The van der Waals surface area contributed by atoms with Crippen LogP contribution in [-0.4, -0.2) is 52.1 Å². The van der Waals surface area contributed by atoms with E-state index >= 15 is 0 Å². The predicted molar refractivity (Wildman–Crippen MR) is 124 cm³/mol. The van der Waals surface area contributed by atoms with E-state index in [1.807, 2.05) is 33.0 Å². The number of carbonyl (C=O) groups is 1. The number of aromatic nitrogens is 7. The summed E-state index contributed by atoms with van der Waals surface area (Å²) in [6, 6.07) is 3.68. The molecule has 0 spiro atoms. The molecule has 180 valence electrons. The highest BCUT2D eigenvalue weighted by Crippen LogP contribution is 2.29. The molecule has 11 heteroatoms. The highest BCUT2D eigenvalue weighted by molar-refractivity contribution is 5.70. The van der Waals surface area contributed by atoms with Crippen molar-refractivity contribution in [3.63, 3.8) is 0 Å². The van der Waals surface area contributed by atoms with Crippen molar-refractivity contribution in [1.29, 1.82) is 0 Å². The minimum absolute atomic E-state index is 0.111. The largest absolute Gasteiger partial charge is 0.489 e. The Hall–Kier alpha value is -3.63. The van der Waals surface area contributed by atoms with Crippen LogP contribution in [0, 0.1) is 5.92 Å². The number of aliphatic carboxylic acids is 1. The smallest absolute Gasteiger partial charge is 0.306 e. The van der Waals surface area contributed by atoms with Crippen molar-refractivity contribution in [2.24, 2.45) is 13.0 Å². The molecular weight excluding hydrogens is 436 g/mol. The van der Waals surface area contributed by atoms with Gasteiger partial charge in [0.05, 0.1) is 36.2 Å². The van der Waals surface area contributed by atoms with Gasteiger partial charge in [0.25, 0.3) is 0 Å². The summed E-state index contributed by atoms with van der Waals surface area (Å²) < 4.78 is 7.71. The molecule has 1 aliphatic carbocycles. The van der Waals surface area contributed by atoms with Crippen LogP contribution in [0.3, 0.4) is 0 Å². The summed E-state index contributed by atoms with van der Waals surface area (Å²) in [5.74, 6) is 1.56. The van der Waals surface area contributed by atoms with Gasteiger partial charge in [0.2, 0.25) is 5.95 Å². The molecule has 0 aromatic carbocycles. The lowest BCUT2D eigenvalue weighted by atomic mass is 9.87. The van der Waals surface area contributed by atoms with Gasteiger partial charge in [-0.15, -0.1) is 5.10 Å². The van der Waals surface area contributed by atoms with E-state index in [1.165, 1.54) is 0 Å². The Morgan fingerprint density at radius 1 is 1.18 bits per heavy atom. The van der Waals surface area contributed by atoms with Gasteiger partial charge in [-0.3, -0.25) is 9.78 Å². The number of nitrogens with one attached hydrogen (secondary N) is 1. The summed E-state index contributed by atoms with van der Waals surface area (Å²) in [5, 5.41) is 21.0. The summed E-state index contributed by atoms with van der Waals surface area (Å²) in [4.78, 5) is 29.2. The van der Waals surface area contributed by atoms with Crippen LogP contribution in [0.2, 0.25) is 0 Å². The molecule has 2 N–H and O–H groups in total. The second-order valence-corrected chi connectivity index (χ2v) is 8.38. The number of anilines is 1. The molecule has 0 amide bonds. The molecule has 3 heterocycles. The Labute approximate surface area is 198 Å². The molecule has 11 nitrogen and oxygen atoms in total. The first-order valence-electron chi connectivity index (χ1n) is 11.7. The van der Waals surface area contributed by atoms with Gasteiger partial charge in [0.15, 0.2) is 0 Å². The topological polar surface area (TPSA) is 141 Å². The lowest BCUT2D eigenvalue weighted by molar-refractivity contribution is -0.143. The third kappa shape index (κ3) is 5.46. The predicted octanol–water partition coefficient (Wildman–Crippen LogP) is 2.82. The monoisotopic (exact) mass is 466 g/mol. The lowest BCUT2D eigenvalue weighted by Gasteiger charge is -2.27. The summed E-state index contributed by atoms with van der Waals surface area (Å²) in [6.45, 7) is 4.45. The fourth-order valence-corrected chi connectivity index (χ4v) is 4.06. The normalized spacial score (nSPS) is 18.0. The van der Waals surface area contributed by atoms with E-state index < -0.39 is 5.97 Å². The van der Waals surface area contributed by atoms with Gasteiger partial charge in [-0.2, -0.15) is 9.97 Å². The maximum absolute atomic E-state index is 11.3. The van der Waals surface area contributed by atoms with Crippen molar-refractivity contribution in [3.8, 4) is 17.1 Å². The number of aryl methyl sites for hydroxylation is 3. The molecule has 3 aromatic rings. The van der Waals surface area contributed by atoms with Gasteiger partial charge >= 0.3 is 5.97 Å². The van der Waals surface area contributed by atoms with Crippen molar-refractivity contribution >= 4 is 11.9 Å². The minimum atomic E-state index is -0.750. The number of hydrogen-bond donors (Lipinski definition) is 2. The molecule has 0 saturated heterocycles. The van der Waals surface area contributed by atoms with Crippen LogP contribution < -0.4 is 10.1 Å². The molecule has 0 radical (unpaired) electrons. The van der Waals surface area contributed by atoms with E-state index in [4.69, 9.17) is 4.74 Å². The average Bonchev–Trinajstić information content (AvgIpc) is 3.23. The van der Waals surface area contributed by atoms with E-state index in [1.54, 1.807) is 10.9 Å². The first kappa shape index (κ1) is 23.5. The molecule has 3 aromatic heterocycles. The molecule has 2 atom stereocenters. The van der Waals surface area contributed by atoms with E-state index in [0.29, 0.717) is 42.5 Å². The summed E-state index contributed by atoms with van der Waals surface area (Å²) >= 11 is 0. The third-order valence-corrected chi connectivity index (χ3v) is 5.97. The highest BCUT2D eigenvalue weighted by Gasteiger charge is 2.28. The number of carboxylic acids is 1. The van der Waals surface area contributed by atoms with E-state index in [2.05, 4.69) is 35.6 Å². The van der Waals surface area contributed by atoms with E-state index in [0.717, 1.165) is 43.0 Å². The maximum Gasteiger partial charge on any atom is 0.306 e. The maximum atomic E-state index is 11.3. The molecule has 0 aliphatic heterocycles. The van der Waals surface area contributed by atoms with Crippen LogP contribution in [-0.2, 0) is 31.2 Å². The Morgan fingerprint density at radius 3 is 2.59 bits per heavy atom. The molecule has 34 heavy (non-hydrogen) atoms. The van der Waals surface area contributed by atoms with Gasteiger partial charge < -0.3 is 15.2 Å². The van der Waals surface area contributed by atoms with Crippen LogP contribution in [0.1, 0.15) is 56.9 Å². The molecule has 0 unspecified atom stereocenters. The molecular formula is C23H30N8O3. The Morgan fingerprint density at radius 2 is 1.94 bits per heavy atom. The van der Waals surface area contributed by atoms with Crippen LogP contribution in [0.25, 0.3) is 11.4 Å². The fraction of sp³-hybridized carbons (Fsp3) is 0.522. The van der Waals surface area contributed by atoms with Crippen molar-refractivity contribution in [3.05, 3.63) is 35.7 Å². The number of pyridine rings is 1. The zero-order chi connectivity index (χ0) is 24.1. The van der Waals surface area contributed by atoms with Crippen LogP contribution >= 0.6 is 0 Å². The highest BCUT2D eigenvalue weighted by atomic mass is 16.5. The average molecular weight is 467 g/mol. The van der Waals surface area contributed by atoms with Crippen LogP contribution in [0.15, 0.2) is 18.3 Å². The van der Waals surface area contributed by atoms with Crippen LogP contribution in [0.5, 0.6) is 5.75 Å². The number of nitrogens with zero attached hydrogens (tertiary/aromatic N) is 7.